The van der Waals surface area contributed by atoms with Crippen LogP contribution in [0.1, 0.15) is 22.3 Å². The molecule has 1 aliphatic rings. The lowest BCUT2D eigenvalue weighted by molar-refractivity contribution is 0.770. The quantitative estimate of drug-likeness (QED) is 0.135. The highest BCUT2D eigenvalue weighted by molar-refractivity contribution is 5.97. The Balaban J connectivity index is 1.04. The number of hydrogen-bond donors (Lipinski definition) is 2. The molecule has 0 amide bonds. The predicted octanol–water partition coefficient (Wildman–Crippen LogP) is 17.9. The van der Waals surface area contributed by atoms with Crippen LogP contribution < -0.4 is 10.6 Å². The van der Waals surface area contributed by atoms with E-state index in [2.05, 4.69) is 290 Å². The van der Waals surface area contributed by atoms with Crippen LogP contribution in [0.25, 0.3) is 66.8 Å². The van der Waals surface area contributed by atoms with Crippen LogP contribution in [0.3, 0.4) is 0 Å². The van der Waals surface area contributed by atoms with Crippen molar-refractivity contribution in [3.63, 3.8) is 0 Å². The average Bonchev–Trinajstić information content (AvgIpc) is 3.74. The summed E-state index contributed by atoms with van der Waals surface area (Å²) in [6.07, 6.45) is 0. The molecular formula is C67H48N2. The smallest absolute Gasteiger partial charge is 0.0719 e. The van der Waals surface area contributed by atoms with Crippen LogP contribution in [-0.2, 0) is 5.41 Å². The van der Waals surface area contributed by atoms with Gasteiger partial charge in [0.05, 0.1) is 5.41 Å². The fourth-order valence-corrected chi connectivity index (χ4v) is 10.6. The number of nitrogens with one attached hydrogen (secondary N) is 2. The first-order chi connectivity index (χ1) is 34.2. The van der Waals surface area contributed by atoms with Crippen LogP contribution in [0.2, 0.25) is 0 Å². The van der Waals surface area contributed by atoms with Crippen molar-refractivity contribution < 1.29 is 0 Å². The average molecular weight is 881 g/mol. The third kappa shape index (κ3) is 7.68. The molecule has 0 heterocycles. The Labute approximate surface area is 404 Å². The molecule has 0 fully saturated rings. The van der Waals surface area contributed by atoms with E-state index in [4.69, 9.17) is 0 Å². The molecule has 0 aliphatic heterocycles. The third-order valence-electron chi connectivity index (χ3n) is 13.7. The van der Waals surface area contributed by atoms with E-state index in [-0.39, 0.29) is 0 Å². The summed E-state index contributed by atoms with van der Waals surface area (Å²) in [6, 6.07) is 101. The standard InChI is InChI=1S/C67H48N2/c1-6-20-47(21-7-1)49-36-40-56(41-37-49)68-64-42-38-52(45-61(64)50-24-10-3-11-25-50)53-39-43-65(69-57-31-18-26-51(44-57)48-22-8-2-9-23-48)62(46-53)60-34-19-33-59-58-32-16-17-35-63(58)67(66(59)60,54-27-12-4-13-28-54)55-29-14-5-15-30-55/h1-46,68-69H. The molecule has 2 nitrogen and oxygen atoms in total. The second-order valence-corrected chi connectivity index (χ2v) is 17.8. The lowest BCUT2D eigenvalue weighted by atomic mass is 9.66. The van der Waals surface area contributed by atoms with Crippen molar-refractivity contribution in [1.82, 2.24) is 0 Å². The molecule has 0 atom stereocenters. The molecule has 69 heavy (non-hydrogen) atoms. The summed E-state index contributed by atoms with van der Waals surface area (Å²) >= 11 is 0. The van der Waals surface area contributed by atoms with Crippen molar-refractivity contribution in [2.24, 2.45) is 0 Å². The maximum atomic E-state index is 3.96. The number of fused-ring (bicyclic) bond motifs is 3. The molecule has 2 N–H and O–H groups in total. The van der Waals surface area contributed by atoms with Gasteiger partial charge in [-0.25, -0.2) is 0 Å². The maximum Gasteiger partial charge on any atom is 0.0719 e. The normalized spacial score (nSPS) is 12.2. The van der Waals surface area contributed by atoms with Crippen LogP contribution in [-0.4, -0.2) is 0 Å². The SMILES string of the molecule is c1ccc(-c2ccc(Nc3ccc(-c4ccc(Nc5cccc(-c6ccccc6)c5)c(-c5cccc6c5C(c5ccccc5)(c5ccccc5)c5ccccc5-6)c4)cc3-c3ccccc3)cc2)cc1. The molecule has 0 saturated carbocycles. The van der Waals surface area contributed by atoms with E-state index >= 15 is 0 Å². The van der Waals surface area contributed by atoms with Crippen LogP contribution in [0.5, 0.6) is 0 Å². The Hall–Kier alpha value is -8.98. The van der Waals surface area contributed by atoms with Gasteiger partial charge in [0, 0.05) is 33.9 Å². The van der Waals surface area contributed by atoms with Crippen LogP contribution in [0.4, 0.5) is 22.7 Å². The zero-order chi connectivity index (χ0) is 46.0. The first-order valence-electron chi connectivity index (χ1n) is 23.7. The topological polar surface area (TPSA) is 24.1 Å². The summed E-state index contributed by atoms with van der Waals surface area (Å²) in [4.78, 5) is 0. The van der Waals surface area contributed by atoms with Gasteiger partial charge in [-0.3, -0.25) is 0 Å². The minimum absolute atomic E-state index is 0.585. The summed E-state index contributed by atoms with van der Waals surface area (Å²) in [5.41, 5.74) is 22.7. The van der Waals surface area contributed by atoms with Gasteiger partial charge in [0.25, 0.3) is 0 Å². The van der Waals surface area contributed by atoms with Crippen molar-refractivity contribution in [1.29, 1.82) is 0 Å². The summed E-state index contributed by atoms with van der Waals surface area (Å²) < 4.78 is 0. The zero-order valence-electron chi connectivity index (χ0n) is 38.1. The predicted molar refractivity (Wildman–Crippen MR) is 290 cm³/mol. The molecule has 0 saturated heterocycles. The second kappa shape index (κ2) is 18.0. The van der Waals surface area contributed by atoms with Gasteiger partial charge in [-0.05, 0) is 126 Å². The first kappa shape index (κ1) is 41.5. The Kier molecular flexibility index (Phi) is 10.8. The van der Waals surface area contributed by atoms with Gasteiger partial charge in [-0.1, -0.05) is 231 Å². The van der Waals surface area contributed by atoms with Gasteiger partial charge in [0.15, 0.2) is 0 Å². The van der Waals surface area contributed by atoms with Gasteiger partial charge in [0.1, 0.15) is 0 Å². The number of rotatable bonds is 11. The molecule has 11 aromatic rings. The fourth-order valence-electron chi connectivity index (χ4n) is 10.6. The van der Waals surface area contributed by atoms with E-state index in [1.165, 1.54) is 55.6 Å². The summed E-state index contributed by atoms with van der Waals surface area (Å²) in [5.74, 6) is 0. The van der Waals surface area contributed by atoms with E-state index in [1.807, 2.05) is 0 Å². The summed E-state index contributed by atoms with van der Waals surface area (Å²) in [7, 11) is 0. The van der Waals surface area contributed by atoms with Gasteiger partial charge in [-0.2, -0.15) is 0 Å². The fraction of sp³-hybridized carbons (Fsp3) is 0.0149. The highest BCUT2D eigenvalue weighted by atomic mass is 14.9. The lowest BCUT2D eigenvalue weighted by Gasteiger charge is -2.35. The molecular weight excluding hydrogens is 833 g/mol. The molecule has 0 unspecified atom stereocenters. The van der Waals surface area contributed by atoms with Gasteiger partial charge in [0.2, 0.25) is 0 Å². The molecule has 0 aromatic heterocycles. The maximum absolute atomic E-state index is 3.96. The Morgan fingerprint density at radius 2 is 0.638 bits per heavy atom. The lowest BCUT2D eigenvalue weighted by Crippen LogP contribution is -2.29. The summed E-state index contributed by atoms with van der Waals surface area (Å²) in [6.45, 7) is 0. The van der Waals surface area contributed by atoms with E-state index in [1.54, 1.807) is 0 Å². The van der Waals surface area contributed by atoms with Gasteiger partial charge >= 0.3 is 0 Å². The molecule has 12 rings (SSSR count). The van der Waals surface area contributed by atoms with Crippen molar-refractivity contribution in [2.75, 3.05) is 10.6 Å². The molecule has 326 valence electrons. The minimum atomic E-state index is -0.585. The number of hydrogen-bond acceptors (Lipinski definition) is 2. The van der Waals surface area contributed by atoms with Crippen molar-refractivity contribution in [3.05, 3.63) is 301 Å². The van der Waals surface area contributed by atoms with Gasteiger partial charge < -0.3 is 10.6 Å². The number of benzene rings is 11. The zero-order valence-corrected chi connectivity index (χ0v) is 38.1. The molecule has 11 aromatic carbocycles. The Morgan fingerprint density at radius 3 is 1.26 bits per heavy atom. The van der Waals surface area contributed by atoms with Crippen LogP contribution in [0.15, 0.2) is 279 Å². The highest BCUT2D eigenvalue weighted by Crippen LogP contribution is 2.59. The summed E-state index contributed by atoms with van der Waals surface area (Å²) in [5, 5.41) is 7.74. The number of anilines is 4. The molecule has 0 spiro atoms. The van der Waals surface area contributed by atoms with Crippen LogP contribution >= 0.6 is 0 Å². The largest absolute Gasteiger partial charge is 0.355 e. The molecule has 0 bridgehead atoms. The Bertz CT molecular complexity index is 3530. The molecule has 2 heteroatoms. The van der Waals surface area contributed by atoms with Crippen LogP contribution in [0, 0.1) is 0 Å². The molecule has 1 aliphatic carbocycles. The minimum Gasteiger partial charge on any atom is -0.355 e. The monoisotopic (exact) mass is 880 g/mol. The van der Waals surface area contributed by atoms with E-state index < -0.39 is 5.41 Å². The van der Waals surface area contributed by atoms with E-state index in [0.717, 1.165) is 56.1 Å². The molecule has 0 radical (unpaired) electrons. The van der Waals surface area contributed by atoms with Crippen molar-refractivity contribution >= 4 is 22.7 Å². The van der Waals surface area contributed by atoms with Gasteiger partial charge in [-0.15, -0.1) is 0 Å². The van der Waals surface area contributed by atoms with Crippen molar-refractivity contribution in [3.8, 4) is 66.8 Å². The Morgan fingerprint density at radius 1 is 0.232 bits per heavy atom. The highest BCUT2D eigenvalue weighted by Gasteiger charge is 2.47. The first-order valence-corrected chi connectivity index (χ1v) is 23.7. The second-order valence-electron chi connectivity index (χ2n) is 17.8. The third-order valence-corrected chi connectivity index (χ3v) is 13.7. The van der Waals surface area contributed by atoms with E-state index in [9.17, 15) is 0 Å². The van der Waals surface area contributed by atoms with Crippen molar-refractivity contribution in [2.45, 2.75) is 5.41 Å². The van der Waals surface area contributed by atoms with E-state index in [0.29, 0.717) is 0 Å².